The highest BCUT2D eigenvalue weighted by Gasteiger charge is 2.28. The van der Waals surface area contributed by atoms with E-state index in [9.17, 15) is 14.9 Å². The summed E-state index contributed by atoms with van der Waals surface area (Å²) in [5.74, 6) is -0.290. The molecule has 28 heavy (non-hydrogen) atoms. The van der Waals surface area contributed by atoms with E-state index in [-0.39, 0.29) is 18.0 Å². The Morgan fingerprint density at radius 2 is 1.64 bits per heavy atom. The average Bonchev–Trinajstić information content (AvgIpc) is 2.70. The molecule has 2 heterocycles. The number of amides is 1. The summed E-state index contributed by atoms with van der Waals surface area (Å²) in [4.78, 5) is 29.4. The van der Waals surface area contributed by atoms with Crippen LogP contribution in [0.4, 0.5) is 11.4 Å². The number of aryl methyl sites for hydroxylation is 1. The predicted molar refractivity (Wildman–Crippen MR) is 107 cm³/mol. The van der Waals surface area contributed by atoms with E-state index in [1.807, 2.05) is 54.6 Å². The largest absolute Gasteiger partial charge is 0.285 e. The average molecular weight is 388 g/mol. The number of hydrogen-bond donors (Lipinski definition) is 0. The Kier molecular flexibility index (Phi) is 4.49. The first-order chi connectivity index (χ1) is 13.5. The van der Waals surface area contributed by atoms with Crippen molar-refractivity contribution >= 4 is 29.0 Å². The summed E-state index contributed by atoms with van der Waals surface area (Å²) in [6.45, 7) is 3.16. The summed E-state index contributed by atoms with van der Waals surface area (Å²) in [6.07, 6.45) is 0. The number of para-hydroxylation sites is 2. The van der Waals surface area contributed by atoms with Crippen LogP contribution in [0.5, 0.6) is 0 Å². The fraction of sp³-hybridized carbons (Fsp3) is 0.143. The van der Waals surface area contributed by atoms with Crippen molar-refractivity contribution in [2.75, 3.05) is 4.90 Å². The van der Waals surface area contributed by atoms with Crippen molar-refractivity contribution in [2.24, 2.45) is 0 Å². The Bertz CT molecular complexity index is 1160. The van der Waals surface area contributed by atoms with Gasteiger partial charge in [0.05, 0.1) is 17.1 Å². The molecule has 0 unspecified atom stereocenters. The number of nitrogens with zero attached hydrogens (tertiary/aromatic N) is 4. The van der Waals surface area contributed by atoms with Crippen molar-refractivity contribution in [1.82, 2.24) is 9.78 Å². The Balaban J connectivity index is 1.79. The van der Waals surface area contributed by atoms with Crippen LogP contribution in [-0.2, 0) is 11.3 Å². The van der Waals surface area contributed by atoms with Gasteiger partial charge in [-0.2, -0.15) is 10.4 Å². The van der Waals surface area contributed by atoms with Crippen LogP contribution in [0.1, 0.15) is 16.8 Å². The molecule has 1 aliphatic rings. The number of benzene rings is 2. The lowest BCUT2D eigenvalue weighted by molar-refractivity contribution is -0.118. The van der Waals surface area contributed by atoms with Gasteiger partial charge in [-0.1, -0.05) is 36.0 Å². The fourth-order valence-electron chi connectivity index (χ4n) is 3.18. The molecule has 0 radical (unpaired) electrons. The van der Waals surface area contributed by atoms with Crippen LogP contribution in [-0.4, -0.2) is 15.7 Å². The molecule has 2 aromatic carbocycles. The monoisotopic (exact) mass is 388 g/mol. The first-order valence-corrected chi connectivity index (χ1v) is 9.50. The molecule has 0 bridgehead atoms. The highest BCUT2D eigenvalue weighted by molar-refractivity contribution is 7.99. The van der Waals surface area contributed by atoms with Gasteiger partial charge in [0.15, 0.2) is 0 Å². The first kappa shape index (κ1) is 18.0. The van der Waals surface area contributed by atoms with E-state index in [0.29, 0.717) is 11.3 Å². The van der Waals surface area contributed by atoms with Crippen molar-refractivity contribution in [3.63, 3.8) is 0 Å². The van der Waals surface area contributed by atoms with E-state index < -0.39 is 5.56 Å². The van der Waals surface area contributed by atoms with Gasteiger partial charge in [0, 0.05) is 9.79 Å². The van der Waals surface area contributed by atoms with E-state index in [1.165, 1.54) is 0 Å². The number of fused-ring (bicyclic) bond motifs is 2. The van der Waals surface area contributed by atoms with Crippen LogP contribution in [0.3, 0.4) is 0 Å². The summed E-state index contributed by atoms with van der Waals surface area (Å²) >= 11 is 1.60. The third kappa shape index (κ3) is 2.88. The molecule has 0 saturated carbocycles. The second-order valence-corrected chi connectivity index (χ2v) is 7.51. The number of anilines is 2. The van der Waals surface area contributed by atoms with Crippen molar-refractivity contribution in [3.05, 3.63) is 75.7 Å². The van der Waals surface area contributed by atoms with Crippen molar-refractivity contribution in [1.29, 1.82) is 5.26 Å². The zero-order valence-corrected chi connectivity index (χ0v) is 16.2. The molecule has 3 aromatic rings. The van der Waals surface area contributed by atoms with Crippen molar-refractivity contribution in [3.8, 4) is 6.07 Å². The smallest absolute Gasteiger partial charge is 0.277 e. The normalized spacial score (nSPS) is 12.1. The lowest BCUT2D eigenvalue weighted by atomic mass is 10.1. The van der Waals surface area contributed by atoms with E-state index in [0.717, 1.165) is 25.8 Å². The maximum Gasteiger partial charge on any atom is 0.285 e. The van der Waals surface area contributed by atoms with Crippen molar-refractivity contribution < 1.29 is 4.79 Å². The molecule has 7 heteroatoms. The highest BCUT2D eigenvalue weighted by Crippen LogP contribution is 2.47. The summed E-state index contributed by atoms with van der Waals surface area (Å²) in [7, 11) is 0. The molecule has 1 amide bonds. The molecule has 0 fully saturated rings. The molecule has 1 aromatic heterocycles. The van der Waals surface area contributed by atoms with Crippen LogP contribution in [0, 0.1) is 25.2 Å². The third-order valence-electron chi connectivity index (χ3n) is 4.72. The SMILES string of the molecule is Cc1nn(CC(=O)N2c3ccccc3Sc3ccccc32)c(=O)c(C#N)c1C. The minimum absolute atomic E-state index is 0.0234. The number of rotatable bonds is 2. The number of nitriles is 1. The summed E-state index contributed by atoms with van der Waals surface area (Å²) in [5, 5.41) is 13.5. The maximum atomic E-state index is 13.3. The van der Waals surface area contributed by atoms with Gasteiger partial charge in [0.1, 0.15) is 18.2 Å². The second-order valence-electron chi connectivity index (χ2n) is 6.43. The van der Waals surface area contributed by atoms with Gasteiger partial charge in [-0.3, -0.25) is 14.5 Å². The molecule has 138 valence electrons. The zero-order valence-electron chi connectivity index (χ0n) is 15.3. The Hall–Kier alpha value is -3.37. The van der Waals surface area contributed by atoms with Gasteiger partial charge < -0.3 is 0 Å². The molecule has 0 saturated heterocycles. The van der Waals surface area contributed by atoms with Crippen molar-refractivity contribution in [2.45, 2.75) is 30.2 Å². The minimum atomic E-state index is -0.549. The quantitative estimate of drug-likeness (QED) is 0.671. The molecule has 0 spiro atoms. The molecule has 0 aliphatic carbocycles. The van der Waals surface area contributed by atoms with Gasteiger partial charge in [-0.05, 0) is 43.7 Å². The maximum absolute atomic E-state index is 13.3. The van der Waals surface area contributed by atoms with Gasteiger partial charge in [-0.15, -0.1) is 0 Å². The molecule has 6 nitrogen and oxygen atoms in total. The predicted octanol–water partition coefficient (Wildman–Crippen LogP) is 3.56. The van der Waals surface area contributed by atoms with E-state index in [1.54, 1.807) is 30.5 Å². The van der Waals surface area contributed by atoms with Gasteiger partial charge in [0.2, 0.25) is 0 Å². The van der Waals surface area contributed by atoms with E-state index >= 15 is 0 Å². The molecule has 1 aliphatic heterocycles. The number of carbonyl (C=O) groups is 1. The fourth-order valence-corrected chi connectivity index (χ4v) is 4.24. The number of carbonyl (C=O) groups excluding carboxylic acids is 1. The Labute approximate surface area is 166 Å². The van der Waals surface area contributed by atoms with Crippen LogP contribution < -0.4 is 10.5 Å². The highest BCUT2D eigenvalue weighted by atomic mass is 32.2. The lowest BCUT2D eigenvalue weighted by Crippen LogP contribution is -2.37. The summed E-state index contributed by atoms with van der Waals surface area (Å²) in [5.41, 5.74) is 2.12. The minimum Gasteiger partial charge on any atom is -0.277 e. The summed E-state index contributed by atoms with van der Waals surface area (Å²) < 4.78 is 1.08. The molecular formula is C21H16N4O2S. The van der Waals surface area contributed by atoms with Crippen LogP contribution in [0.2, 0.25) is 0 Å². The van der Waals surface area contributed by atoms with Crippen LogP contribution >= 0.6 is 11.8 Å². The summed E-state index contributed by atoms with van der Waals surface area (Å²) in [6, 6.07) is 17.2. The Morgan fingerprint density at radius 3 is 2.21 bits per heavy atom. The third-order valence-corrected chi connectivity index (χ3v) is 5.85. The lowest BCUT2D eigenvalue weighted by Gasteiger charge is -2.31. The standard InChI is InChI=1S/C21H16N4O2S/c1-13-14(2)23-24(21(27)15(13)11-22)12-20(26)25-16-7-3-5-9-18(16)28-19-10-6-4-8-17(19)25/h3-10H,12H2,1-2H3. The molecular weight excluding hydrogens is 372 g/mol. The topological polar surface area (TPSA) is 79.0 Å². The number of aromatic nitrogens is 2. The first-order valence-electron chi connectivity index (χ1n) is 8.68. The zero-order chi connectivity index (χ0) is 19.8. The molecule has 0 N–H and O–H groups in total. The van der Waals surface area contributed by atoms with Gasteiger partial charge in [-0.25, -0.2) is 4.68 Å². The molecule has 0 atom stereocenters. The molecule has 4 rings (SSSR count). The van der Waals surface area contributed by atoms with Gasteiger partial charge >= 0.3 is 0 Å². The van der Waals surface area contributed by atoms with Crippen LogP contribution in [0.15, 0.2) is 63.1 Å². The van der Waals surface area contributed by atoms with E-state index in [4.69, 9.17) is 0 Å². The second kappa shape index (κ2) is 6.98. The number of hydrogen-bond acceptors (Lipinski definition) is 5. The van der Waals surface area contributed by atoms with E-state index in [2.05, 4.69) is 5.10 Å². The Morgan fingerprint density at radius 1 is 1.07 bits per heavy atom. The van der Waals surface area contributed by atoms with Crippen LogP contribution in [0.25, 0.3) is 0 Å². The van der Waals surface area contributed by atoms with Gasteiger partial charge in [0.25, 0.3) is 11.5 Å².